The van der Waals surface area contributed by atoms with E-state index in [2.05, 4.69) is 5.16 Å². The van der Waals surface area contributed by atoms with Crippen molar-refractivity contribution in [3.63, 3.8) is 0 Å². The smallest absolute Gasteiger partial charge is 0.169 e. The van der Waals surface area contributed by atoms with Crippen molar-refractivity contribution in [3.05, 3.63) is 35.5 Å². The van der Waals surface area contributed by atoms with E-state index in [1.54, 1.807) is 6.07 Å². The summed E-state index contributed by atoms with van der Waals surface area (Å²) >= 11 is 6.23. The largest absolute Gasteiger partial charge is 0.381 e. The molecule has 0 spiro atoms. The second-order valence-corrected chi connectivity index (χ2v) is 4.31. The Balaban J connectivity index is 2.37. The van der Waals surface area contributed by atoms with Gasteiger partial charge in [0.15, 0.2) is 11.6 Å². The Morgan fingerprint density at radius 1 is 1.41 bits per heavy atom. The standard InChI is InChI=1S/C12H10ClN3O/c1-16-6-8(13)12-7(3-2-4-9(12)16)10-5-11(14)15-17-10/h2-6H,1H3,(H2,14,15). The molecule has 0 amide bonds. The van der Waals surface area contributed by atoms with E-state index >= 15 is 0 Å². The van der Waals surface area contributed by atoms with Crippen LogP contribution in [0, 0.1) is 0 Å². The Hall–Kier alpha value is -1.94. The summed E-state index contributed by atoms with van der Waals surface area (Å²) in [5.41, 5.74) is 7.50. The van der Waals surface area contributed by atoms with Crippen LogP contribution >= 0.6 is 11.6 Å². The molecule has 0 atom stereocenters. The zero-order valence-corrected chi connectivity index (χ0v) is 9.90. The number of fused-ring (bicyclic) bond motifs is 1. The monoisotopic (exact) mass is 247 g/mol. The first-order valence-electron chi connectivity index (χ1n) is 5.13. The van der Waals surface area contributed by atoms with Crippen molar-refractivity contribution in [3.8, 4) is 11.3 Å². The first kappa shape index (κ1) is 10.2. The predicted octanol–water partition coefficient (Wildman–Crippen LogP) is 3.07. The Labute approximate surface area is 103 Å². The molecule has 0 bridgehead atoms. The van der Waals surface area contributed by atoms with E-state index in [1.165, 1.54) is 0 Å². The Morgan fingerprint density at radius 3 is 2.94 bits per heavy atom. The maximum absolute atomic E-state index is 6.23. The fourth-order valence-corrected chi connectivity index (χ4v) is 2.36. The Kier molecular flexibility index (Phi) is 2.12. The Bertz CT molecular complexity index is 699. The zero-order chi connectivity index (χ0) is 12.0. The number of nitrogens with two attached hydrogens (primary N) is 1. The van der Waals surface area contributed by atoms with E-state index < -0.39 is 0 Å². The molecule has 86 valence electrons. The van der Waals surface area contributed by atoms with Crippen molar-refractivity contribution in [2.45, 2.75) is 0 Å². The van der Waals surface area contributed by atoms with Crippen LogP contribution in [0.1, 0.15) is 0 Å². The summed E-state index contributed by atoms with van der Waals surface area (Å²) < 4.78 is 7.15. The molecule has 0 saturated heterocycles. The zero-order valence-electron chi connectivity index (χ0n) is 9.14. The molecule has 3 rings (SSSR count). The third-order valence-corrected chi connectivity index (χ3v) is 3.05. The quantitative estimate of drug-likeness (QED) is 0.719. The van der Waals surface area contributed by atoms with Gasteiger partial charge in [0, 0.05) is 30.3 Å². The van der Waals surface area contributed by atoms with Gasteiger partial charge in [-0.2, -0.15) is 0 Å². The molecule has 17 heavy (non-hydrogen) atoms. The molecule has 0 saturated carbocycles. The molecule has 5 heteroatoms. The molecule has 2 aromatic heterocycles. The molecule has 0 fully saturated rings. The van der Waals surface area contributed by atoms with Crippen LogP contribution < -0.4 is 5.73 Å². The SMILES string of the molecule is Cn1cc(Cl)c2c(-c3cc(N)no3)cccc21. The number of hydrogen-bond acceptors (Lipinski definition) is 3. The molecule has 0 aliphatic rings. The molecule has 2 heterocycles. The number of aryl methyl sites for hydroxylation is 1. The third-order valence-electron chi connectivity index (χ3n) is 2.76. The van der Waals surface area contributed by atoms with Crippen LogP contribution in [0.15, 0.2) is 35.0 Å². The van der Waals surface area contributed by atoms with Crippen molar-refractivity contribution < 1.29 is 4.52 Å². The van der Waals surface area contributed by atoms with Gasteiger partial charge in [-0.1, -0.05) is 28.9 Å². The first-order chi connectivity index (χ1) is 8.16. The van der Waals surface area contributed by atoms with E-state index in [9.17, 15) is 0 Å². The van der Waals surface area contributed by atoms with Gasteiger partial charge in [0.25, 0.3) is 0 Å². The van der Waals surface area contributed by atoms with Crippen LogP contribution in [0.5, 0.6) is 0 Å². The van der Waals surface area contributed by atoms with Gasteiger partial charge in [0.1, 0.15) is 0 Å². The van der Waals surface area contributed by atoms with E-state index in [0.717, 1.165) is 16.5 Å². The van der Waals surface area contributed by atoms with Crippen LogP contribution in [0.2, 0.25) is 5.02 Å². The summed E-state index contributed by atoms with van der Waals surface area (Å²) in [5.74, 6) is 0.991. The number of hydrogen-bond donors (Lipinski definition) is 1. The minimum absolute atomic E-state index is 0.365. The molecule has 3 aromatic rings. The van der Waals surface area contributed by atoms with Crippen LogP contribution in [-0.4, -0.2) is 9.72 Å². The van der Waals surface area contributed by atoms with Gasteiger partial charge in [-0.3, -0.25) is 0 Å². The van der Waals surface area contributed by atoms with Gasteiger partial charge in [-0.15, -0.1) is 0 Å². The van der Waals surface area contributed by atoms with E-state index in [-0.39, 0.29) is 0 Å². The van der Waals surface area contributed by atoms with Crippen LogP contribution in [0.25, 0.3) is 22.2 Å². The molecule has 0 radical (unpaired) electrons. The number of anilines is 1. The van der Waals surface area contributed by atoms with Crippen molar-refractivity contribution >= 4 is 28.3 Å². The highest BCUT2D eigenvalue weighted by molar-refractivity contribution is 6.36. The number of nitrogens with zero attached hydrogens (tertiary/aromatic N) is 2. The van der Waals surface area contributed by atoms with Crippen molar-refractivity contribution in [1.82, 2.24) is 9.72 Å². The molecular formula is C12H10ClN3O. The minimum Gasteiger partial charge on any atom is -0.381 e. The lowest BCUT2D eigenvalue weighted by Gasteiger charge is -2.00. The van der Waals surface area contributed by atoms with Gasteiger partial charge >= 0.3 is 0 Å². The number of benzene rings is 1. The molecule has 0 aliphatic heterocycles. The summed E-state index contributed by atoms with van der Waals surface area (Å²) in [7, 11) is 1.95. The molecule has 0 unspecified atom stereocenters. The van der Waals surface area contributed by atoms with Gasteiger partial charge in [-0.25, -0.2) is 0 Å². The van der Waals surface area contributed by atoms with Crippen LogP contribution in [0.4, 0.5) is 5.82 Å². The summed E-state index contributed by atoms with van der Waals surface area (Å²) in [4.78, 5) is 0. The second kappa shape index (κ2) is 3.53. The average Bonchev–Trinajstić information content (AvgIpc) is 2.85. The fourth-order valence-electron chi connectivity index (χ4n) is 2.01. The summed E-state index contributed by atoms with van der Waals surface area (Å²) in [6.45, 7) is 0. The lowest BCUT2D eigenvalue weighted by Crippen LogP contribution is -1.84. The third kappa shape index (κ3) is 1.49. The lowest BCUT2D eigenvalue weighted by atomic mass is 10.1. The van der Waals surface area contributed by atoms with Crippen molar-refractivity contribution in [2.75, 3.05) is 5.73 Å². The van der Waals surface area contributed by atoms with Crippen molar-refractivity contribution in [1.29, 1.82) is 0 Å². The number of nitrogen functional groups attached to an aromatic ring is 1. The van der Waals surface area contributed by atoms with E-state index in [1.807, 2.05) is 36.0 Å². The Morgan fingerprint density at radius 2 is 2.24 bits per heavy atom. The average molecular weight is 248 g/mol. The second-order valence-electron chi connectivity index (χ2n) is 3.90. The predicted molar refractivity (Wildman–Crippen MR) is 67.8 cm³/mol. The van der Waals surface area contributed by atoms with Gasteiger partial charge in [0.05, 0.1) is 10.5 Å². The fraction of sp³-hybridized carbons (Fsp3) is 0.0833. The number of halogens is 1. The molecule has 4 nitrogen and oxygen atoms in total. The van der Waals surface area contributed by atoms with Crippen LogP contribution in [-0.2, 0) is 7.05 Å². The highest BCUT2D eigenvalue weighted by atomic mass is 35.5. The first-order valence-corrected chi connectivity index (χ1v) is 5.50. The van der Waals surface area contributed by atoms with Gasteiger partial charge in [0.2, 0.25) is 0 Å². The highest BCUT2D eigenvalue weighted by Gasteiger charge is 2.13. The summed E-state index contributed by atoms with van der Waals surface area (Å²) in [5, 5.41) is 5.33. The maximum Gasteiger partial charge on any atom is 0.169 e. The van der Waals surface area contributed by atoms with Gasteiger partial charge in [-0.05, 0) is 6.07 Å². The summed E-state index contributed by atoms with van der Waals surface area (Å²) in [6.07, 6.45) is 1.87. The molecular weight excluding hydrogens is 238 g/mol. The normalized spacial score (nSPS) is 11.2. The molecule has 1 aromatic carbocycles. The van der Waals surface area contributed by atoms with Gasteiger partial charge < -0.3 is 14.8 Å². The number of rotatable bonds is 1. The molecule has 0 aliphatic carbocycles. The van der Waals surface area contributed by atoms with E-state index in [4.69, 9.17) is 21.9 Å². The maximum atomic E-state index is 6.23. The van der Waals surface area contributed by atoms with E-state index in [0.29, 0.717) is 16.6 Å². The minimum atomic E-state index is 0.365. The van der Waals surface area contributed by atoms with Crippen molar-refractivity contribution in [2.24, 2.45) is 7.05 Å². The molecule has 2 N–H and O–H groups in total. The summed E-state index contributed by atoms with van der Waals surface area (Å²) in [6, 6.07) is 7.59. The van der Waals surface area contributed by atoms with Crippen LogP contribution in [0.3, 0.4) is 0 Å². The topological polar surface area (TPSA) is 57.0 Å². The highest BCUT2D eigenvalue weighted by Crippen LogP contribution is 2.35. The number of aromatic nitrogens is 2. The lowest BCUT2D eigenvalue weighted by molar-refractivity contribution is 0.436.